The molecule has 3 N–H and O–H groups in total. The van der Waals surface area contributed by atoms with Crippen molar-refractivity contribution in [2.75, 3.05) is 41.8 Å². The molecule has 1 fully saturated rings. The molecule has 0 aliphatic carbocycles. The van der Waals surface area contributed by atoms with Crippen molar-refractivity contribution in [2.24, 2.45) is 0 Å². The highest BCUT2D eigenvalue weighted by atomic mass is 16.6. The Morgan fingerprint density at radius 3 is 2.73 bits per heavy atom. The summed E-state index contributed by atoms with van der Waals surface area (Å²) < 4.78 is 5.28. The van der Waals surface area contributed by atoms with E-state index in [-0.39, 0.29) is 35.1 Å². The number of para-hydroxylation sites is 2. The van der Waals surface area contributed by atoms with Crippen LogP contribution in [-0.2, 0) is 14.3 Å². The molecule has 0 bridgehead atoms. The van der Waals surface area contributed by atoms with Crippen LogP contribution in [0.1, 0.15) is 17.9 Å². The number of fused-ring (bicyclic) bond motifs is 1. The van der Waals surface area contributed by atoms with Gasteiger partial charge in [0.15, 0.2) is 0 Å². The van der Waals surface area contributed by atoms with E-state index in [1.807, 2.05) is 4.90 Å². The monoisotopic (exact) mass is 414 g/mol. The fourth-order valence-electron chi connectivity index (χ4n) is 3.47. The topological polar surface area (TPSA) is 160 Å². The lowest BCUT2D eigenvalue weighted by atomic mass is 9.92. The average Bonchev–Trinajstić information content (AvgIpc) is 2.73. The van der Waals surface area contributed by atoms with Crippen molar-refractivity contribution in [3.8, 4) is 0 Å². The minimum atomic E-state index is -1.14. The molecule has 0 saturated carbocycles. The summed E-state index contributed by atoms with van der Waals surface area (Å²) in [6.07, 6.45) is -0.277. The summed E-state index contributed by atoms with van der Waals surface area (Å²) in [7, 11) is 0. The number of rotatable bonds is 4. The van der Waals surface area contributed by atoms with E-state index in [0.717, 1.165) is 0 Å². The number of hydrogen-bond acceptors (Lipinski definition) is 8. The summed E-state index contributed by atoms with van der Waals surface area (Å²) >= 11 is 0. The zero-order valence-corrected chi connectivity index (χ0v) is 15.7. The molecule has 30 heavy (non-hydrogen) atoms. The summed E-state index contributed by atoms with van der Waals surface area (Å²) in [6, 6.07) is 5.63. The lowest BCUT2D eigenvalue weighted by molar-refractivity contribution is -0.383. The minimum absolute atomic E-state index is 0.0132. The smallest absolute Gasteiger partial charge is 0.292 e. The first-order valence-corrected chi connectivity index (χ1v) is 9.25. The second-order valence-corrected chi connectivity index (χ2v) is 6.82. The Balaban J connectivity index is 1.66. The van der Waals surface area contributed by atoms with E-state index in [1.165, 1.54) is 24.3 Å². The number of nitro groups is 1. The van der Waals surface area contributed by atoms with Crippen LogP contribution >= 0.6 is 0 Å². The van der Waals surface area contributed by atoms with Gasteiger partial charge in [0.2, 0.25) is 17.8 Å². The predicted molar refractivity (Wildman–Crippen MR) is 106 cm³/mol. The van der Waals surface area contributed by atoms with Crippen LogP contribution in [0.3, 0.4) is 0 Å². The molecule has 1 saturated heterocycles. The molecule has 0 spiro atoms. The van der Waals surface area contributed by atoms with E-state index in [1.54, 1.807) is 0 Å². The van der Waals surface area contributed by atoms with Gasteiger partial charge in [-0.3, -0.25) is 29.5 Å². The number of nitro benzene ring substituents is 1. The lowest BCUT2D eigenvalue weighted by Gasteiger charge is -2.29. The lowest BCUT2D eigenvalue weighted by Crippen LogP contribution is -2.41. The van der Waals surface area contributed by atoms with Crippen LogP contribution in [0.4, 0.5) is 23.1 Å². The number of nitrogens with one attached hydrogen (secondary N) is 3. The van der Waals surface area contributed by atoms with Gasteiger partial charge in [0, 0.05) is 25.6 Å². The minimum Gasteiger partial charge on any atom is -0.378 e. The van der Waals surface area contributed by atoms with Gasteiger partial charge in [0.25, 0.3) is 11.2 Å². The highest BCUT2D eigenvalue weighted by Gasteiger charge is 2.36. The first-order chi connectivity index (χ1) is 14.4. The van der Waals surface area contributed by atoms with Crippen LogP contribution in [0.2, 0.25) is 0 Å². The van der Waals surface area contributed by atoms with Gasteiger partial charge in [0.1, 0.15) is 11.5 Å². The van der Waals surface area contributed by atoms with Crippen molar-refractivity contribution >= 4 is 35.0 Å². The highest BCUT2D eigenvalue weighted by molar-refractivity contribution is 6.05. The number of aromatic nitrogens is 2. The number of nitrogens with zero attached hydrogens (tertiary/aromatic N) is 3. The van der Waals surface area contributed by atoms with Crippen LogP contribution in [0.25, 0.3) is 0 Å². The third-order valence-electron chi connectivity index (χ3n) is 4.92. The van der Waals surface area contributed by atoms with Gasteiger partial charge in [0.05, 0.1) is 29.6 Å². The van der Waals surface area contributed by atoms with Crippen molar-refractivity contribution in [2.45, 2.75) is 12.3 Å². The predicted octanol–water partition coefficient (Wildman–Crippen LogP) is 0.579. The Hall–Kier alpha value is -3.80. The molecule has 1 atom stereocenters. The molecule has 2 aromatic rings. The highest BCUT2D eigenvalue weighted by Crippen LogP contribution is 2.31. The van der Waals surface area contributed by atoms with Crippen molar-refractivity contribution < 1.29 is 19.2 Å². The average molecular weight is 414 g/mol. The largest absolute Gasteiger partial charge is 0.378 e. The molecule has 0 radical (unpaired) electrons. The number of aromatic amines is 1. The standard InChI is InChI=1S/C18H18N6O6/c25-13-9-10(16(26)19-11-3-1-2-4-12(11)24(28)29)14-15(20-13)21-18(22-17(14)27)23-5-7-30-8-6-23/h1-4,10H,5-9H2,(H,19,26)(H2,20,21,22,25,27)/t10-/m0/s1. The molecule has 1 aromatic carbocycles. The van der Waals surface area contributed by atoms with Crippen LogP contribution in [0.5, 0.6) is 0 Å². The van der Waals surface area contributed by atoms with Crippen LogP contribution in [0.15, 0.2) is 29.1 Å². The zero-order chi connectivity index (χ0) is 21.3. The maximum Gasteiger partial charge on any atom is 0.292 e. The number of hydrogen-bond donors (Lipinski definition) is 3. The molecule has 2 amide bonds. The molecule has 0 unspecified atom stereocenters. The van der Waals surface area contributed by atoms with Gasteiger partial charge in [-0.15, -0.1) is 0 Å². The van der Waals surface area contributed by atoms with E-state index in [2.05, 4.69) is 20.6 Å². The number of ether oxygens (including phenoxy) is 1. The van der Waals surface area contributed by atoms with Crippen LogP contribution in [-0.4, -0.2) is 53.0 Å². The summed E-state index contributed by atoms with van der Waals surface area (Å²) in [5, 5.41) is 16.2. The number of carbonyl (C=O) groups excluding carboxylic acids is 2. The van der Waals surface area contributed by atoms with Crippen molar-refractivity contribution in [3.63, 3.8) is 0 Å². The first kappa shape index (κ1) is 19.5. The third kappa shape index (κ3) is 3.72. The third-order valence-corrected chi connectivity index (χ3v) is 4.92. The van der Waals surface area contributed by atoms with Crippen LogP contribution in [0, 0.1) is 10.1 Å². The first-order valence-electron chi connectivity index (χ1n) is 9.25. The fraction of sp³-hybridized carbons (Fsp3) is 0.333. The molecule has 12 heteroatoms. The van der Waals surface area contributed by atoms with E-state index in [0.29, 0.717) is 26.3 Å². The fourth-order valence-corrected chi connectivity index (χ4v) is 3.47. The molecule has 4 rings (SSSR count). The maximum atomic E-state index is 12.9. The molecule has 12 nitrogen and oxygen atoms in total. The van der Waals surface area contributed by atoms with Crippen LogP contribution < -0.4 is 21.1 Å². The summed E-state index contributed by atoms with van der Waals surface area (Å²) in [6.45, 7) is 2.01. The second kappa shape index (κ2) is 7.91. The van der Waals surface area contributed by atoms with Gasteiger partial charge in [-0.2, -0.15) is 4.98 Å². The summed E-state index contributed by atoms with van der Waals surface area (Å²) in [4.78, 5) is 57.2. The van der Waals surface area contributed by atoms with E-state index in [4.69, 9.17) is 4.74 Å². The zero-order valence-electron chi connectivity index (χ0n) is 15.7. The Morgan fingerprint density at radius 2 is 2.00 bits per heavy atom. The summed E-state index contributed by atoms with van der Waals surface area (Å²) in [5.41, 5.74) is -0.845. The number of carbonyl (C=O) groups is 2. The molecule has 156 valence electrons. The number of morpholine rings is 1. The number of anilines is 3. The van der Waals surface area contributed by atoms with Gasteiger partial charge < -0.3 is 20.3 Å². The van der Waals surface area contributed by atoms with Crippen molar-refractivity contribution in [1.82, 2.24) is 9.97 Å². The quantitative estimate of drug-likeness (QED) is 0.484. The van der Waals surface area contributed by atoms with Gasteiger partial charge >= 0.3 is 0 Å². The van der Waals surface area contributed by atoms with Crippen molar-refractivity contribution in [3.05, 3.63) is 50.3 Å². The molecule has 2 aliphatic rings. The molecular weight excluding hydrogens is 396 g/mol. The van der Waals surface area contributed by atoms with Gasteiger partial charge in [-0.1, -0.05) is 12.1 Å². The SMILES string of the molecule is O=C1C[C@H](C(=O)Nc2ccccc2[N+](=O)[O-])c2c(nc(N3CCOCC3)[nH]c2=O)N1. The van der Waals surface area contributed by atoms with E-state index < -0.39 is 28.2 Å². The molecular formula is C18H18N6O6. The number of amides is 2. The second-order valence-electron chi connectivity index (χ2n) is 6.82. The Bertz CT molecular complexity index is 1080. The normalized spacial score (nSPS) is 18.3. The molecule has 2 aliphatic heterocycles. The van der Waals surface area contributed by atoms with E-state index in [9.17, 15) is 24.5 Å². The maximum absolute atomic E-state index is 12.9. The number of H-pyrrole nitrogens is 1. The Labute approximate surface area is 169 Å². The Kier molecular flexibility index (Phi) is 5.14. The number of benzene rings is 1. The molecule has 1 aromatic heterocycles. The summed E-state index contributed by atoms with van der Waals surface area (Å²) in [5.74, 6) is -2.02. The van der Waals surface area contributed by atoms with Gasteiger partial charge in [-0.25, -0.2) is 0 Å². The Morgan fingerprint density at radius 1 is 1.27 bits per heavy atom. The molecule has 3 heterocycles. The van der Waals surface area contributed by atoms with Gasteiger partial charge in [-0.05, 0) is 6.07 Å². The van der Waals surface area contributed by atoms with Crippen molar-refractivity contribution in [1.29, 1.82) is 0 Å². The van der Waals surface area contributed by atoms with E-state index >= 15 is 0 Å².